The molecule has 1 unspecified atom stereocenters. The smallest absolute Gasteiger partial charge is 0.236 e. The summed E-state index contributed by atoms with van der Waals surface area (Å²) in [5.41, 5.74) is -0.419. The highest BCUT2D eigenvalue weighted by Gasteiger charge is 2.41. The van der Waals surface area contributed by atoms with Crippen LogP contribution in [0.3, 0.4) is 0 Å². The van der Waals surface area contributed by atoms with Crippen LogP contribution in [0.15, 0.2) is 0 Å². The van der Waals surface area contributed by atoms with Gasteiger partial charge in [0, 0.05) is 20.1 Å². The van der Waals surface area contributed by atoms with Crippen molar-refractivity contribution in [1.82, 2.24) is 15.5 Å². The molecule has 1 aliphatic heterocycles. The quantitative estimate of drug-likeness (QED) is 0.644. The van der Waals surface area contributed by atoms with Gasteiger partial charge in [-0.25, -0.2) is 0 Å². The molecule has 1 rings (SSSR count). The van der Waals surface area contributed by atoms with Crippen molar-refractivity contribution in [1.29, 1.82) is 0 Å². The highest BCUT2D eigenvalue weighted by molar-refractivity contribution is 5.85. The number of hydrogen-bond acceptors (Lipinski definition) is 3. The third kappa shape index (κ3) is 2.47. The van der Waals surface area contributed by atoms with Crippen LogP contribution in [0.5, 0.6) is 0 Å². The fourth-order valence-corrected chi connectivity index (χ4v) is 1.92. The van der Waals surface area contributed by atoms with E-state index in [1.165, 1.54) is 0 Å². The van der Waals surface area contributed by atoms with Gasteiger partial charge in [0.25, 0.3) is 0 Å². The topological polar surface area (TPSA) is 61.4 Å². The van der Waals surface area contributed by atoms with Crippen molar-refractivity contribution in [3.8, 4) is 0 Å². The second-order valence-electron chi connectivity index (χ2n) is 4.24. The molecule has 1 heterocycles. The fraction of sp³-hybridized carbons (Fsp3) is 0.800. The number of carbonyl (C=O) groups is 2. The molecular weight excluding hydrogens is 194 g/mol. The van der Waals surface area contributed by atoms with E-state index in [4.69, 9.17) is 0 Å². The zero-order valence-corrected chi connectivity index (χ0v) is 9.59. The average Bonchev–Trinajstić information content (AvgIpc) is 2.61. The monoisotopic (exact) mass is 213 g/mol. The van der Waals surface area contributed by atoms with Gasteiger partial charge in [0.1, 0.15) is 0 Å². The zero-order valence-electron chi connectivity index (χ0n) is 9.59. The Labute approximate surface area is 90.2 Å². The highest BCUT2D eigenvalue weighted by Crippen LogP contribution is 2.29. The third-order valence-corrected chi connectivity index (χ3v) is 2.93. The Morgan fingerprint density at radius 3 is 2.60 bits per heavy atom. The molecule has 0 spiro atoms. The number of likely N-dealkylation sites (tertiary alicyclic amines) is 1. The molecule has 2 N–H and O–H groups in total. The van der Waals surface area contributed by atoms with Crippen LogP contribution in [-0.4, -0.2) is 50.4 Å². The van der Waals surface area contributed by atoms with Crippen LogP contribution in [0.25, 0.3) is 0 Å². The van der Waals surface area contributed by atoms with E-state index in [0.29, 0.717) is 19.6 Å². The largest absolute Gasteiger partial charge is 0.359 e. The van der Waals surface area contributed by atoms with Gasteiger partial charge in [0.2, 0.25) is 11.8 Å². The predicted molar refractivity (Wildman–Crippen MR) is 57.3 cm³/mol. The lowest BCUT2D eigenvalue weighted by atomic mass is 9.89. The Balaban J connectivity index is 2.58. The molecule has 0 aromatic carbocycles. The van der Waals surface area contributed by atoms with Crippen molar-refractivity contribution in [3.05, 3.63) is 0 Å². The molecule has 2 amide bonds. The van der Waals surface area contributed by atoms with Crippen LogP contribution in [-0.2, 0) is 9.59 Å². The van der Waals surface area contributed by atoms with E-state index in [-0.39, 0.29) is 11.8 Å². The van der Waals surface area contributed by atoms with E-state index in [1.807, 2.05) is 6.92 Å². The van der Waals surface area contributed by atoms with Crippen molar-refractivity contribution in [2.45, 2.75) is 13.3 Å². The van der Waals surface area contributed by atoms with E-state index in [2.05, 4.69) is 10.6 Å². The first-order valence-electron chi connectivity index (χ1n) is 5.18. The number of amides is 2. The van der Waals surface area contributed by atoms with Gasteiger partial charge in [-0.15, -0.1) is 0 Å². The molecule has 0 radical (unpaired) electrons. The van der Waals surface area contributed by atoms with Gasteiger partial charge < -0.3 is 15.5 Å². The van der Waals surface area contributed by atoms with Gasteiger partial charge in [0.05, 0.1) is 12.0 Å². The van der Waals surface area contributed by atoms with E-state index < -0.39 is 5.41 Å². The van der Waals surface area contributed by atoms with Crippen molar-refractivity contribution in [3.63, 3.8) is 0 Å². The minimum Gasteiger partial charge on any atom is -0.359 e. The lowest BCUT2D eigenvalue weighted by Crippen LogP contribution is -2.42. The minimum absolute atomic E-state index is 0.0160. The summed E-state index contributed by atoms with van der Waals surface area (Å²) >= 11 is 0. The van der Waals surface area contributed by atoms with Crippen molar-refractivity contribution in [2.24, 2.45) is 5.41 Å². The molecule has 5 heteroatoms. The van der Waals surface area contributed by atoms with E-state index >= 15 is 0 Å². The Bertz CT molecular complexity index is 267. The minimum atomic E-state index is -0.419. The predicted octanol–water partition coefficient (Wildman–Crippen LogP) is -0.810. The molecule has 1 aliphatic rings. The number of rotatable bonds is 3. The SMILES string of the molecule is CNCC(=O)N1CCC(C)(C(=O)NC)C1. The molecule has 0 aliphatic carbocycles. The molecule has 0 bridgehead atoms. The van der Waals surface area contributed by atoms with E-state index in [1.54, 1.807) is 19.0 Å². The number of nitrogens with zero attached hydrogens (tertiary/aromatic N) is 1. The summed E-state index contributed by atoms with van der Waals surface area (Å²) in [6, 6.07) is 0. The lowest BCUT2D eigenvalue weighted by Gasteiger charge is -2.22. The lowest BCUT2D eigenvalue weighted by molar-refractivity contribution is -0.131. The summed E-state index contributed by atoms with van der Waals surface area (Å²) in [7, 11) is 3.37. The second kappa shape index (κ2) is 4.61. The van der Waals surface area contributed by atoms with Crippen molar-refractivity contribution in [2.75, 3.05) is 33.7 Å². The van der Waals surface area contributed by atoms with Gasteiger partial charge in [-0.05, 0) is 20.4 Å². The Hall–Kier alpha value is -1.10. The van der Waals surface area contributed by atoms with Crippen LogP contribution in [0.2, 0.25) is 0 Å². The van der Waals surface area contributed by atoms with Crippen molar-refractivity contribution >= 4 is 11.8 Å². The first kappa shape index (κ1) is 12.0. The molecule has 15 heavy (non-hydrogen) atoms. The molecule has 86 valence electrons. The summed E-state index contributed by atoms with van der Waals surface area (Å²) < 4.78 is 0. The van der Waals surface area contributed by atoms with Crippen LogP contribution in [0, 0.1) is 5.41 Å². The van der Waals surface area contributed by atoms with Gasteiger partial charge in [-0.3, -0.25) is 9.59 Å². The van der Waals surface area contributed by atoms with Crippen LogP contribution in [0.1, 0.15) is 13.3 Å². The maximum absolute atomic E-state index is 11.6. The number of hydrogen-bond donors (Lipinski definition) is 2. The third-order valence-electron chi connectivity index (χ3n) is 2.93. The van der Waals surface area contributed by atoms with Gasteiger partial charge in [-0.2, -0.15) is 0 Å². The number of nitrogens with one attached hydrogen (secondary N) is 2. The maximum Gasteiger partial charge on any atom is 0.236 e. The molecule has 1 atom stereocenters. The molecule has 0 aromatic rings. The first-order valence-corrected chi connectivity index (χ1v) is 5.18. The summed E-state index contributed by atoms with van der Waals surface area (Å²) in [5.74, 6) is 0.0763. The van der Waals surface area contributed by atoms with Crippen LogP contribution < -0.4 is 10.6 Å². The average molecular weight is 213 g/mol. The van der Waals surface area contributed by atoms with Gasteiger partial charge in [-0.1, -0.05) is 0 Å². The summed E-state index contributed by atoms with van der Waals surface area (Å²) in [5, 5.41) is 5.47. The van der Waals surface area contributed by atoms with E-state index in [0.717, 1.165) is 6.42 Å². The summed E-state index contributed by atoms with van der Waals surface area (Å²) in [6.07, 6.45) is 0.738. The molecular formula is C10H19N3O2. The second-order valence-corrected chi connectivity index (χ2v) is 4.24. The Morgan fingerprint density at radius 2 is 2.07 bits per heavy atom. The number of carbonyl (C=O) groups excluding carboxylic acids is 2. The Morgan fingerprint density at radius 1 is 1.40 bits per heavy atom. The van der Waals surface area contributed by atoms with Gasteiger partial charge in [0.15, 0.2) is 0 Å². The maximum atomic E-state index is 11.6. The molecule has 5 nitrogen and oxygen atoms in total. The molecule has 1 saturated heterocycles. The first-order chi connectivity index (χ1) is 7.03. The zero-order chi connectivity index (χ0) is 11.5. The van der Waals surface area contributed by atoms with Gasteiger partial charge >= 0.3 is 0 Å². The normalized spacial score (nSPS) is 25.4. The summed E-state index contributed by atoms with van der Waals surface area (Å²) in [6.45, 7) is 3.43. The van der Waals surface area contributed by atoms with E-state index in [9.17, 15) is 9.59 Å². The number of likely N-dealkylation sites (N-methyl/N-ethyl adjacent to an activating group) is 1. The van der Waals surface area contributed by atoms with Crippen LogP contribution in [0.4, 0.5) is 0 Å². The standard InChI is InChI=1S/C10H19N3O2/c1-10(9(15)12-3)4-5-13(7-10)8(14)6-11-2/h11H,4-7H2,1-3H3,(H,12,15). The summed E-state index contributed by atoms with van der Waals surface area (Å²) in [4.78, 5) is 24.9. The van der Waals surface area contributed by atoms with Crippen molar-refractivity contribution < 1.29 is 9.59 Å². The molecule has 0 saturated carbocycles. The molecule has 1 fully saturated rings. The highest BCUT2D eigenvalue weighted by atomic mass is 16.2. The fourth-order valence-electron chi connectivity index (χ4n) is 1.92. The van der Waals surface area contributed by atoms with Crippen LogP contribution >= 0.6 is 0 Å². The Kier molecular flexibility index (Phi) is 3.68. The molecule has 0 aromatic heterocycles.